The molecule has 0 aromatic carbocycles. The summed E-state index contributed by atoms with van der Waals surface area (Å²) >= 11 is 0. The number of H-pyrrole nitrogens is 2. The fraction of sp³-hybridized carbons (Fsp3) is 0.438. The molecule has 0 bridgehead atoms. The van der Waals surface area contributed by atoms with Crippen LogP contribution in [0.15, 0.2) is 24.5 Å². The van der Waals surface area contributed by atoms with Crippen LogP contribution < -0.4 is 5.32 Å². The summed E-state index contributed by atoms with van der Waals surface area (Å²) in [7, 11) is 0. The van der Waals surface area contributed by atoms with Crippen molar-refractivity contribution in [3.63, 3.8) is 0 Å². The molecule has 0 spiro atoms. The molecule has 1 atom stereocenters. The van der Waals surface area contributed by atoms with E-state index in [9.17, 15) is 4.79 Å². The van der Waals surface area contributed by atoms with E-state index in [-0.39, 0.29) is 12.0 Å². The first kappa shape index (κ1) is 15.5. The second kappa shape index (κ2) is 7.23. The van der Waals surface area contributed by atoms with Crippen molar-refractivity contribution in [3.05, 3.63) is 30.2 Å². The van der Waals surface area contributed by atoms with Gasteiger partial charge in [-0.15, -0.1) is 0 Å². The van der Waals surface area contributed by atoms with Crippen LogP contribution in [-0.2, 0) is 16.0 Å². The van der Waals surface area contributed by atoms with Crippen LogP contribution in [0.4, 0.5) is 5.69 Å². The predicted molar refractivity (Wildman–Crippen MR) is 86.9 cm³/mol. The van der Waals surface area contributed by atoms with E-state index in [0.717, 1.165) is 31.4 Å². The molecule has 3 heterocycles. The topological polar surface area (TPSA) is 95.7 Å². The number of rotatable bonds is 6. The Morgan fingerprint density at radius 2 is 2.43 bits per heavy atom. The lowest BCUT2D eigenvalue weighted by atomic mass is 10.2. The molecule has 1 aliphatic rings. The van der Waals surface area contributed by atoms with E-state index in [1.807, 2.05) is 19.2 Å². The van der Waals surface area contributed by atoms with Gasteiger partial charge >= 0.3 is 0 Å². The Hall–Kier alpha value is -2.41. The number of allylic oxidation sites excluding steroid dienone is 2. The van der Waals surface area contributed by atoms with Gasteiger partial charge in [-0.2, -0.15) is 5.10 Å². The summed E-state index contributed by atoms with van der Waals surface area (Å²) in [5, 5.41) is 9.76. The smallest absolute Gasteiger partial charge is 0.253 e. The highest BCUT2D eigenvalue weighted by molar-refractivity contribution is 5.96. The molecule has 23 heavy (non-hydrogen) atoms. The minimum Gasteiger partial charge on any atom is -0.368 e. The molecule has 7 nitrogen and oxygen atoms in total. The van der Waals surface area contributed by atoms with Gasteiger partial charge in [0.05, 0.1) is 11.9 Å². The summed E-state index contributed by atoms with van der Waals surface area (Å²) in [5.74, 6) is 0.533. The summed E-state index contributed by atoms with van der Waals surface area (Å²) in [6.45, 7) is 2.65. The van der Waals surface area contributed by atoms with Crippen LogP contribution in [0.2, 0.25) is 0 Å². The van der Waals surface area contributed by atoms with Gasteiger partial charge in [0, 0.05) is 18.5 Å². The molecule has 1 aliphatic heterocycles. The molecule has 0 aliphatic carbocycles. The molecule has 1 unspecified atom stereocenters. The van der Waals surface area contributed by atoms with Crippen LogP contribution in [0.25, 0.3) is 11.5 Å². The van der Waals surface area contributed by atoms with Crippen molar-refractivity contribution < 1.29 is 9.53 Å². The number of anilines is 1. The molecular formula is C16H21N5O2. The van der Waals surface area contributed by atoms with Gasteiger partial charge in [-0.25, -0.2) is 4.98 Å². The third-order valence-electron chi connectivity index (χ3n) is 3.80. The molecule has 7 heteroatoms. The molecule has 0 saturated carbocycles. The number of hydrogen-bond acceptors (Lipinski definition) is 4. The van der Waals surface area contributed by atoms with Gasteiger partial charge in [0.25, 0.3) is 5.91 Å². The predicted octanol–water partition coefficient (Wildman–Crippen LogP) is 2.43. The van der Waals surface area contributed by atoms with Crippen LogP contribution in [0.5, 0.6) is 0 Å². The summed E-state index contributed by atoms with van der Waals surface area (Å²) in [6.07, 6.45) is 10.7. The fourth-order valence-corrected chi connectivity index (χ4v) is 2.58. The monoisotopic (exact) mass is 315 g/mol. The SMILES string of the molecule is C/C=C\CCc1cnc(-c2[nH]ncc2NC(=O)C2CCCO2)[nH]1. The first-order valence-corrected chi connectivity index (χ1v) is 7.89. The minimum atomic E-state index is -0.370. The first-order chi connectivity index (χ1) is 11.3. The molecule has 2 aromatic heterocycles. The molecule has 3 N–H and O–H groups in total. The summed E-state index contributed by atoms with van der Waals surface area (Å²) in [6, 6.07) is 0. The van der Waals surface area contributed by atoms with Crippen molar-refractivity contribution in [2.24, 2.45) is 0 Å². The van der Waals surface area contributed by atoms with Crippen molar-refractivity contribution >= 4 is 11.6 Å². The lowest BCUT2D eigenvalue weighted by Gasteiger charge is -2.09. The highest BCUT2D eigenvalue weighted by Crippen LogP contribution is 2.24. The highest BCUT2D eigenvalue weighted by atomic mass is 16.5. The van der Waals surface area contributed by atoms with Crippen LogP contribution in [0, 0.1) is 0 Å². The summed E-state index contributed by atoms with van der Waals surface area (Å²) in [4.78, 5) is 19.8. The Labute approximate surface area is 134 Å². The third-order valence-corrected chi connectivity index (χ3v) is 3.80. The molecule has 122 valence electrons. The molecule has 1 amide bonds. The normalized spacial score (nSPS) is 17.9. The number of nitrogens with one attached hydrogen (secondary N) is 3. The first-order valence-electron chi connectivity index (χ1n) is 7.89. The molecule has 2 aromatic rings. The number of nitrogens with zero attached hydrogens (tertiary/aromatic N) is 2. The number of ether oxygens (including phenoxy) is 1. The largest absolute Gasteiger partial charge is 0.368 e. The van der Waals surface area contributed by atoms with Crippen molar-refractivity contribution in [1.29, 1.82) is 0 Å². The maximum absolute atomic E-state index is 12.2. The van der Waals surface area contributed by atoms with E-state index in [1.165, 1.54) is 0 Å². The van der Waals surface area contributed by atoms with E-state index >= 15 is 0 Å². The standard InChI is InChI=1S/C16H21N5O2/c1-2-3-4-6-11-9-17-15(19-11)14-12(10-18-21-14)20-16(22)13-7-5-8-23-13/h2-3,9-10,13H,4-8H2,1H3,(H,17,19)(H,18,21)(H,20,22)/b3-2-. The van der Waals surface area contributed by atoms with Crippen molar-refractivity contribution in [2.45, 2.75) is 38.7 Å². The lowest BCUT2D eigenvalue weighted by molar-refractivity contribution is -0.124. The second-order valence-electron chi connectivity index (χ2n) is 5.51. The number of hydrogen-bond donors (Lipinski definition) is 3. The van der Waals surface area contributed by atoms with Gasteiger partial charge in [-0.05, 0) is 32.6 Å². The molecule has 3 rings (SSSR count). The van der Waals surface area contributed by atoms with Gasteiger partial charge in [0.15, 0.2) is 5.82 Å². The Balaban J connectivity index is 1.69. The molecule has 1 saturated heterocycles. The van der Waals surface area contributed by atoms with E-state index in [2.05, 4.69) is 31.6 Å². The number of carbonyl (C=O) groups is 1. The number of aromatic amines is 2. The number of aryl methyl sites for hydroxylation is 1. The minimum absolute atomic E-state index is 0.134. The van der Waals surface area contributed by atoms with Crippen LogP contribution in [0.1, 0.15) is 31.9 Å². The van der Waals surface area contributed by atoms with Gasteiger partial charge in [0.2, 0.25) is 0 Å². The van der Waals surface area contributed by atoms with Crippen molar-refractivity contribution in [2.75, 3.05) is 11.9 Å². The van der Waals surface area contributed by atoms with Gasteiger partial charge in [0.1, 0.15) is 11.8 Å². The summed E-state index contributed by atoms with van der Waals surface area (Å²) < 4.78 is 5.40. The molecule has 0 radical (unpaired) electrons. The van der Waals surface area contributed by atoms with Gasteiger partial charge in [-0.3, -0.25) is 9.89 Å². The number of carbonyl (C=O) groups excluding carboxylic acids is 1. The van der Waals surface area contributed by atoms with E-state index < -0.39 is 0 Å². The van der Waals surface area contributed by atoms with E-state index in [1.54, 1.807) is 6.20 Å². The Morgan fingerprint density at radius 1 is 1.52 bits per heavy atom. The fourth-order valence-electron chi connectivity index (χ4n) is 2.58. The zero-order valence-electron chi connectivity index (χ0n) is 13.1. The average molecular weight is 315 g/mol. The Morgan fingerprint density at radius 3 is 3.22 bits per heavy atom. The Kier molecular flexibility index (Phi) is 4.87. The van der Waals surface area contributed by atoms with Gasteiger partial charge < -0.3 is 15.0 Å². The second-order valence-corrected chi connectivity index (χ2v) is 5.51. The number of imidazole rings is 1. The van der Waals surface area contributed by atoms with Crippen molar-refractivity contribution in [1.82, 2.24) is 20.2 Å². The van der Waals surface area contributed by atoms with Gasteiger partial charge in [-0.1, -0.05) is 12.2 Å². The molecular weight excluding hydrogens is 294 g/mol. The zero-order valence-corrected chi connectivity index (χ0v) is 13.1. The highest BCUT2D eigenvalue weighted by Gasteiger charge is 2.25. The number of amides is 1. The molecule has 1 fully saturated rings. The Bertz CT molecular complexity index is 682. The van der Waals surface area contributed by atoms with Crippen LogP contribution in [-0.4, -0.2) is 38.8 Å². The number of aromatic nitrogens is 4. The van der Waals surface area contributed by atoms with Crippen LogP contribution in [0.3, 0.4) is 0 Å². The van der Waals surface area contributed by atoms with Crippen LogP contribution >= 0.6 is 0 Å². The van der Waals surface area contributed by atoms with E-state index in [0.29, 0.717) is 23.8 Å². The third kappa shape index (κ3) is 3.68. The zero-order chi connectivity index (χ0) is 16.1. The van der Waals surface area contributed by atoms with Crippen molar-refractivity contribution in [3.8, 4) is 11.5 Å². The van der Waals surface area contributed by atoms with E-state index in [4.69, 9.17) is 4.74 Å². The quantitative estimate of drug-likeness (QED) is 0.713. The summed E-state index contributed by atoms with van der Waals surface area (Å²) in [5.41, 5.74) is 2.33. The lowest BCUT2D eigenvalue weighted by Crippen LogP contribution is -2.26. The average Bonchev–Trinajstić information content (AvgIpc) is 3.29. The maximum Gasteiger partial charge on any atom is 0.253 e. The maximum atomic E-state index is 12.2.